The summed E-state index contributed by atoms with van der Waals surface area (Å²) in [4.78, 5) is 11.0. The van der Waals surface area contributed by atoms with Crippen LogP contribution in [0, 0.1) is 0 Å². The first kappa shape index (κ1) is 21.8. The first-order valence-electron chi connectivity index (χ1n) is 6.68. The van der Waals surface area contributed by atoms with Gasteiger partial charge in [0.1, 0.15) is 10.5 Å². The molecule has 0 rings (SSSR count). The summed E-state index contributed by atoms with van der Waals surface area (Å²) in [5.74, 6) is -0.340. The van der Waals surface area contributed by atoms with Gasteiger partial charge in [-0.3, -0.25) is 0 Å². The van der Waals surface area contributed by atoms with Crippen molar-refractivity contribution < 1.29 is 22.8 Å². The van der Waals surface area contributed by atoms with E-state index in [0.717, 1.165) is 23.0 Å². The van der Waals surface area contributed by atoms with Crippen molar-refractivity contribution in [1.82, 2.24) is 0 Å². The van der Waals surface area contributed by atoms with Crippen molar-refractivity contribution in [2.75, 3.05) is 20.8 Å². The summed E-state index contributed by atoms with van der Waals surface area (Å²) >= 11 is 0. The molecule has 0 heterocycles. The van der Waals surface area contributed by atoms with E-state index in [9.17, 15) is 4.79 Å². The van der Waals surface area contributed by atoms with Gasteiger partial charge in [0.25, 0.3) is 0 Å². The van der Waals surface area contributed by atoms with Crippen molar-refractivity contribution in [2.45, 2.75) is 45.9 Å². The minimum atomic E-state index is -2.01. The molecule has 0 aliphatic heterocycles. The lowest BCUT2D eigenvalue weighted by Crippen LogP contribution is -2.36. The van der Waals surface area contributed by atoms with Crippen LogP contribution >= 0.6 is 0 Å². The Morgan fingerprint density at radius 1 is 1.30 bits per heavy atom. The first-order chi connectivity index (χ1) is 9.22. The average Bonchev–Trinajstić information content (AvgIpc) is 2.43. The molecule has 120 valence electrons. The molecule has 0 saturated heterocycles. The van der Waals surface area contributed by atoms with Gasteiger partial charge in [0.2, 0.25) is 0 Å². The van der Waals surface area contributed by atoms with Gasteiger partial charge in [0, 0.05) is 25.9 Å². The Hall–Kier alpha value is -0.476. The van der Waals surface area contributed by atoms with Gasteiger partial charge in [-0.2, -0.15) is 0 Å². The molecule has 0 fully saturated rings. The molecule has 5 nitrogen and oxygen atoms in total. The van der Waals surface area contributed by atoms with Crippen LogP contribution in [0.15, 0.2) is 12.2 Å². The van der Waals surface area contributed by atoms with Gasteiger partial charge in [-0.15, -0.1) is 0 Å². The fourth-order valence-electron chi connectivity index (χ4n) is 0.969. The zero-order valence-electron chi connectivity index (χ0n) is 13.9. The van der Waals surface area contributed by atoms with Gasteiger partial charge in [-0.05, 0) is 39.8 Å². The smallest absolute Gasteiger partial charge is 0.334 e. The molecule has 20 heavy (non-hydrogen) atoms. The third kappa shape index (κ3) is 12.6. The number of ether oxygens (including phenoxy) is 1. The molecule has 0 N–H and O–H groups in total. The fourth-order valence-corrected chi connectivity index (χ4v) is 2.33. The summed E-state index contributed by atoms with van der Waals surface area (Å²) in [6, 6.07) is 0.809. The second-order valence-electron chi connectivity index (χ2n) is 4.85. The van der Waals surface area contributed by atoms with Crippen molar-refractivity contribution in [3.05, 3.63) is 12.2 Å². The molecular weight excluding hydrogens is 292 g/mol. The Morgan fingerprint density at radius 2 is 1.75 bits per heavy atom. The number of hydrogen-bond acceptors (Lipinski definition) is 5. The molecule has 0 saturated carbocycles. The minimum absolute atomic E-state index is 0.340. The molecule has 0 aliphatic carbocycles. The Balaban J connectivity index is 0. The van der Waals surface area contributed by atoms with E-state index in [2.05, 4.69) is 6.58 Å². The Morgan fingerprint density at radius 3 is 2.05 bits per heavy atom. The van der Waals surface area contributed by atoms with Crippen LogP contribution in [0.4, 0.5) is 0 Å². The van der Waals surface area contributed by atoms with Gasteiger partial charge in [0.15, 0.2) is 0 Å². The van der Waals surface area contributed by atoms with Crippen LogP contribution in [0.5, 0.6) is 0 Å². The third-order valence-corrected chi connectivity index (χ3v) is 6.62. The quantitative estimate of drug-likeness (QED) is 0.294. The minimum Gasteiger partial charge on any atom is -0.462 e. The highest BCUT2D eigenvalue weighted by Crippen LogP contribution is 2.13. The maximum atomic E-state index is 11.0. The standard InChI is InChI=1S/C10H20O4Si.C3H10OSi/c1-9(2)10(11)14-7-6-8-15(5,12-3)13-4;1-3(2)4-5/h1,6-8H2,2-5H3;3H,1-2,5H3. The maximum absolute atomic E-state index is 11.0. The SMILES string of the molecule is C=C(C)C(=O)OCCC[Si](C)(OC)OC.CC(C)O[SiH3]. The Kier molecular flexibility index (Phi) is 13.4. The van der Waals surface area contributed by atoms with Crippen LogP contribution in [0.25, 0.3) is 0 Å². The highest BCUT2D eigenvalue weighted by molar-refractivity contribution is 6.65. The maximum Gasteiger partial charge on any atom is 0.334 e. The normalized spacial score (nSPS) is 10.9. The monoisotopic (exact) mass is 322 g/mol. The molecule has 7 heteroatoms. The zero-order valence-corrected chi connectivity index (χ0v) is 16.9. The molecule has 0 aliphatic rings. The van der Waals surface area contributed by atoms with Crippen LogP contribution in [-0.2, 0) is 22.8 Å². The number of carbonyl (C=O) groups excluding carboxylic acids is 1. The Bertz CT molecular complexity index is 278. The number of carbonyl (C=O) groups is 1. The van der Waals surface area contributed by atoms with E-state index in [0.29, 0.717) is 18.3 Å². The van der Waals surface area contributed by atoms with Crippen LogP contribution in [0.1, 0.15) is 27.2 Å². The van der Waals surface area contributed by atoms with Gasteiger partial charge >= 0.3 is 14.5 Å². The van der Waals surface area contributed by atoms with Gasteiger partial charge < -0.3 is 18.0 Å². The van der Waals surface area contributed by atoms with Crippen molar-refractivity contribution in [1.29, 1.82) is 0 Å². The molecule has 0 unspecified atom stereocenters. The summed E-state index contributed by atoms with van der Waals surface area (Å²) < 4.78 is 20.4. The van der Waals surface area contributed by atoms with E-state index >= 15 is 0 Å². The van der Waals surface area contributed by atoms with Crippen molar-refractivity contribution in [3.63, 3.8) is 0 Å². The molecule has 0 spiro atoms. The summed E-state index contributed by atoms with van der Waals surface area (Å²) in [5, 5.41) is 0. The lowest BCUT2D eigenvalue weighted by atomic mass is 10.4. The van der Waals surface area contributed by atoms with Gasteiger partial charge in [-0.25, -0.2) is 4.79 Å². The highest BCUT2D eigenvalue weighted by Gasteiger charge is 2.27. The number of esters is 1. The summed E-state index contributed by atoms with van der Waals surface area (Å²) in [7, 11) is 2.16. The lowest BCUT2D eigenvalue weighted by molar-refractivity contribution is -0.138. The van der Waals surface area contributed by atoms with Crippen LogP contribution in [0.2, 0.25) is 12.6 Å². The zero-order chi connectivity index (χ0) is 16.2. The summed E-state index contributed by atoms with van der Waals surface area (Å²) in [5.41, 5.74) is 0.425. The fraction of sp³-hybridized carbons (Fsp3) is 0.769. The van der Waals surface area contributed by atoms with Crippen LogP contribution < -0.4 is 0 Å². The van der Waals surface area contributed by atoms with Crippen molar-refractivity contribution >= 4 is 25.0 Å². The predicted molar refractivity (Wildman–Crippen MR) is 87.0 cm³/mol. The van der Waals surface area contributed by atoms with Crippen LogP contribution in [0.3, 0.4) is 0 Å². The van der Waals surface area contributed by atoms with Gasteiger partial charge in [0.05, 0.1) is 6.61 Å². The summed E-state index contributed by atoms with van der Waals surface area (Å²) in [6.07, 6.45) is 1.20. The second-order valence-corrected chi connectivity index (χ2v) is 8.90. The van der Waals surface area contributed by atoms with E-state index in [1.807, 2.05) is 20.4 Å². The Labute approximate surface area is 127 Å². The van der Waals surface area contributed by atoms with Crippen molar-refractivity contribution in [2.24, 2.45) is 0 Å². The molecular formula is C13H30O5Si2. The van der Waals surface area contributed by atoms with E-state index in [-0.39, 0.29) is 5.97 Å². The van der Waals surface area contributed by atoms with Crippen LogP contribution in [-0.4, -0.2) is 51.9 Å². The van der Waals surface area contributed by atoms with E-state index in [1.165, 1.54) is 0 Å². The largest absolute Gasteiger partial charge is 0.462 e. The van der Waals surface area contributed by atoms with E-state index < -0.39 is 8.56 Å². The van der Waals surface area contributed by atoms with E-state index in [1.54, 1.807) is 21.1 Å². The topological polar surface area (TPSA) is 54.0 Å². The highest BCUT2D eigenvalue weighted by atomic mass is 28.4. The molecule has 0 bridgehead atoms. The third-order valence-electron chi connectivity index (χ3n) is 2.69. The van der Waals surface area contributed by atoms with E-state index in [4.69, 9.17) is 18.0 Å². The summed E-state index contributed by atoms with van der Waals surface area (Å²) in [6.45, 7) is 11.6. The molecule has 0 aromatic carbocycles. The van der Waals surface area contributed by atoms with Gasteiger partial charge in [-0.1, -0.05) is 6.58 Å². The molecule has 0 radical (unpaired) electrons. The van der Waals surface area contributed by atoms with Crippen molar-refractivity contribution in [3.8, 4) is 0 Å². The second kappa shape index (κ2) is 12.3. The molecule has 0 amide bonds. The number of rotatable bonds is 8. The molecule has 0 aromatic rings. The molecule has 0 atom stereocenters. The first-order valence-corrected chi connectivity index (χ1v) is 10.0. The average molecular weight is 323 g/mol. The predicted octanol–water partition coefficient (Wildman–Crippen LogP) is 1.55. The lowest BCUT2D eigenvalue weighted by Gasteiger charge is -2.22. The molecule has 0 aromatic heterocycles. The number of hydrogen-bond donors (Lipinski definition) is 0.